The predicted molar refractivity (Wildman–Crippen MR) is 53.5 cm³/mol. The molecule has 0 aromatic rings. The number of unbranched alkanes of at least 4 members (excludes halogenated alkanes) is 2. The van der Waals surface area contributed by atoms with Crippen molar-refractivity contribution in [2.45, 2.75) is 45.1 Å². The minimum atomic E-state index is 0.0691. The highest BCUT2D eigenvalue weighted by atomic mass is 16.5. The Bertz CT molecular complexity index is 102. The van der Waals surface area contributed by atoms with Crippen LogP contribution in [-0.2, 0) is 4.74 Å². The van der Waals surface area contributed by atoms with E-state index in [0.29, 0.717) is 0 Å². The van der Waals surface area contributed by atoms with Crippen molar-refractivity contribution < 1.29 is 4.74 Å². The van der Waals surface area contributed by atoms with Gasteiger partial charge in [-0.3, -0.25) is 0 Å². The molecule has 0 rings (SSSR count). The van der Waals surface area contributed by atoms with Crippen LogP contribution in [0.5, 0.6) is 0 Å². The molecule has 0 unspecified atom stereocenters. The standard InChI is InChI=1S/C10H23NO/c1-10(2,12-4)8-6-5-7-9-11-3/h11H,5-9H2,1-4H3. The molecular weight excluding hydrogens is 150 g/mol. The van der Waals surface area contributed by atoms with E-state index in [1.165, 1.54) is 19.3 Å². The number of ether oxygens (including phenoxy) is 1. The quantitative estimate of drug-likeness (QED) is 0.596. The smallest absolute Gasteiger partial charge is 0.0622 e. The van der Waals surface area contributed by atoms with Crippen LogP contribution in [0.2, 0.25) is 0 Å². The minimum absolute atomic E-state index is 0.0691. The van der Waals surface area contributed by atoms with E-state index in [-0.39, 0.29) is 5.60 Å². The molecule has 0 aliphatic rings. The molecule has 0 bridgehead atoms. The van der Waals surface area contributed by atoms with E-state index in [1.54, 1.807) is 7.11 Å². The van der Waals surface area contributed by atoms with Gasteiger partial charge in [-0.2, -0.15) is 0 Å². The average Bonchev–Trinajstić information content (AvgIpc) is 2.04. The molecule has 0 aliphatic heterocycles. The fourth-order valence-electron chi connectivity index (χ4n) is 1.13. The van der Waals surface area contributed by atoms with Gasteiger partial charge in [-0.25, -0.2) is 0 Å². The summed E-state index contributed by atoms with van der Waals surface area (Å²) < 4.78 is 5.33. The fraction of sp³-hybridized carbons (Fsp3) is 1.00. The molecule has 0 saturated carbocycles. The largest absolute Gasteiger partial charge is 0.379 e. The zero-order valence-corrected chi connectivity index (χ0v) is 8.94. The van der Waals surface area contributed by atoms with E-state index < -0.39 is 0 Å². The summed E-state index contributed by atoms with van der Waals surface area (Å²) in [5, 5.41) is 3.15. The van der Waals surface area contributed by atoms with Gasteiger partial charge in [0.05, 0.1) is 5.60 Å². The molecule has 12 heavy (non-hydrogen) atoms. The molecule has 74 valence electrons. The SMILES string of the molecule is CNCCCCCC(C)(C)OC. The summed E-state index contributed by atoms with van der Waals surface area (Å²) >= 11 is 0. The van der Waals surface area contributed by atoms with E-state index in [4.69, 9.17) is 4.74 Å². The molecule has 0 spiro atoms. The molecule has 0 fully saturated rings. The van der Waals surface area contributed by atoms with Crippen LogP contribution in [0.15, 0.2) is 0 Å². The van der Waals surface area contributed by atoms with Crippen LogP contribution >= 0.6 is 0 Å². The van der Waals surface area contributed by atoms with Gasteiger partial charge in [-0.1, -0.05) is 12.8 Å². The van der Waals surface area contributed by atoms with Crippen molar-refractivity contribution in [3.05, 3.63) is 0 Å². The summed E-state index contributed by atoms with van der Waals surface area (Å²) in [6.07, 6.45) is 5.00. The van der Waals surface area contributed by atoms with Gasteiger partial charge in [0.25, 0.3) is 0 Å². The van der Waals surface area contributed by atoms with E-state index in [1.807, 2.05) is 7.05 Å². The van der Waals surface area contributed by atoms with E-state index in [2.05, 4.69) is 19.2 Å². The number of hydrogen-bond acceptors (Lipinski definition) is 2. The van der Waals surface area contributed by atoms with Gasteiger partial charge in [-0.05, 0) is 40.3 Å². The third-order valence-electron chi connectivity index (χ3n) is 2.26. The van der Waals surface area contributed by atoms with Gasteiger partial charge in [0.1, 0.15) is 0 Å². The zero-order chi connectivity index (χ0) is 9.45. The molecular formula is C10H23NO. The van der Waals surface area contributed by atoms with Crippen molar-refractivity contribution in [1.82, 2.24) is 5.32 Å². The van der Waals surface area contributed by atoms with Crippen molar-refractivity contribution in [3.8, 4) is 0 Å². The first-order valence-corrected chi connectivity index (χ1v) is 4.82. The molecule has 0 aromatic carbocycles. The topological polar surface area (TPSA) is 21.3 Å². The Balaban J connectivity index is 3.19. The Labute approximate surface area is 76.7 Å². The summed E-state index contributed by atoms with van der Waals surface area (Å²) in [7, 11) is 3.78. The highest BCUT2D eigenvalue weighted by Crippen LogP contribution is 2.16. The Hall–Kier alpha value is -0.0800. The molecule has 0 amide bonds. The lowest BCUT2D eigenvalue weighted by molar-refractivity contribution is 0.0134. The van der Waals surface area contributed by atoms with Gasteiger partial charge in [0, 0.05) is 7.11 Å². The molecule has 0 aromatic heterocycles. The van der Waals surface area contributed by atoms with Crippen LogP contribution in [0.4, 0.5) is 0 Å². The third kappa shape index (κ3) is 6.62. The van der Waals surface area contributed by atoms with Crippen molar-refractivity contribution in [2.75, 3.05) is 20.7 Å². The number of rotatable bonds is 7. The van der Waals surface area contributed by atoms with Crippen LogP contribution in [0.1, 0.15) is 39.5 Å². The van der Waals surface area contributed by atoms with Crippen molar-refractivity contribution in [3.63, 3.8) is 0 Å². The second kappa shape index (κ2) is 6.44. The Morgan fingerprint density at radius 3 is 2.33 bits per heavy atom. The number of hydrogen-bond donors (Lipinski definition) is 1. The Morgan fingerprint density at radius 2 is 1.83 bits per heavy atom. The second-order valence-electron chi connectivity index (χ2n) is 3.88. The highest BCUT2D eigenvalue weighted by Gasteiger charge is 2.14. The summed E-state index contributed by atoms with van der Waals surface area (Å²) in [6, 6.07) is 0. The molecule has 0 heterocycles. The average molecular weight is 173 g/mol. The fourth-order valence-corrected chi connectivity index (χ4v) is 1.13. The first-order valence-electron chi connectivity index (χ1n) is 4.82. The first-order chi connectivity index (χ1) is 5.62. The van der Waals surface area contributed by atoms with Crippen molar-refractivity contribution in [1.29, 1.82) is 0 Å². The second-order valence-corrected chi connectivity index (χ2v) is 3.88. The van der Waals surface area contributed by atoms with Gasteiger partial charge < -0.3 is 10.1 Å². The maximum atomic E-state index is 5.33. The van der Waals surface area contributed by atoms with Gasteiger partial charge in [0.2, 0.25) is 0 Å². The molecule has 0 radical (unpaired) electrons. The van der Waals surface area contributed by atoms with Gasteiger partial charge >= 0.3 is 0 Å². The third-order valence-corrected chi connectivity index (χ3v) is 2.26. The van der Waals surface area contributed by atoms with Crippen LogP contribution in [0.25, 0.3) is 0 Å². The maximum absolute atomic E-state index is 5.33. The zero-order valence-electron chi connectivity index (χ0n) is 8.94. The van der Waals surface area contributed by atoms with E-state index in [0.717, 1.165) is 13.0 Å². The normalized spacial score (nSPS) is 12.0. The predicted octanol–water partition coefficient (Wildman–Crippen LogP) is 2.19. The lowest BCUT2D eigenvalue weighted by atomic mass is 10.0. The Morgan fingerprint density at radius 1 is 1.17 bits per heavy atom. The molecule has 1 N–H and O–H groups in total. The number of methoxy groups -OCH3 is 1. The van der Waals surface area contributed by atoms with Gasteiger partial charge in [-0.15, -0.1) is 0 Å². The molecule has 0 atom stereocenters. The van der Waals surface area contributed by atoms with E-state index >= 15 is 0 Å². The molecule has 2 nitrogen and oxygen atoms in total. The van der Waals surface area contributed by atoms with E-state index in [9.17, 15) is 0 Å². The van der Waals surface area contributed by atoms with Crippen LogP contribution < -0.4 is 5.32 Å². The van der Waals surface area contributed by atoms with Crippen LogP contribution in [0.3, 0.4) is 0 Å². The summed E-state index contributed by atoms with van der Waals surface area (Å²) in [6.45, 7) is 5.42. The summed E-state index contributed by atoms with van der Waals surface area (Å²) in [5.74, 6) is 0. The summed E-state index contributed by atoms with van der Waals surface area (Å²) in [5.41, 5.74) is 0.0691. The first kappa shape index (κ1) is 11.9. The van der Waals surface area contributed by atoms with Crippen LogP contribution in [-0.4, -0.2) is 26.3 Å². The lowest BCUT2D eigenvalue weighted by Crippen LogP contribution is -2.22. The van der Waals surface area contributed by atoms with Crippen molar-refractivity contribution in [2.24, 2.45) is 0 Å². The molecule has 0 saturated heterocycles. The highest BCUT2D eigenvalue weighted by molar-refractivity contribution is 4.67. The number of nitrogens with one attached hydrogen (secondary N) is 1. The minimum Gasteiger partial charge on any atom is -0.379 e. The molecule has 2 heteroatoms. The molecule has 0 aliphatic carbocycles. The van der Waals surface area contributed by atoms with Gasteiger partial charge in [0.15, 0.2) is 0 Å². The Kier molecular flexibility index (Phi) is 6.39. The summed E-state index contributed by atoms with van der Waals surface area (Å²) in [4.78, 5) is 0. The van der Waals surface area contributed by atoms with Crippen molar-refractivity contribution >= 4 is 0 Å². The lowest BCUT2D eigenvalue weighted by Gasteiger charge is -2.22. The maximum Gasteiger partial charge on any atom is 0.0622 e. The van der Waals surface area contributed by atoms with Crippen LogP contribution in [0, 0.1) is 0 Å². The monoisotopic (exact) mass is 173 g/mol.